The Morgan fingerprint density at radius 2 is 2.03 bits per heavy atom. The summed E-state index contributed by atoms with van der Waals surface area (Å²) in [5, 5.41) is 7.65. The van der Waals surface area contributed by atoms with Gasteiger partial charge in [0.15, 0.2) is 5.76 Å². The zero-order chi connectivity index (χ0) is 21.3. The summed E-state index contributed by atoms with van der Waals surface area (Å²) in [6, 6.07) is 6.41. The molecular weight excluding hydrogens is 402 g/mol. The molecule has 1 aliphatic carbocycles. The maximum Gasteiger partial charge on any atom is 0.287 e. The number of unbranched alkanes of at least 4 members (excludes halogenated alkanes) is 1. The van der Waals surface area contributed by atoms with Crippen molar-refractivity contribution in [3.63, 3.8) is 0 Å². The number of hydrogen-bond donors (Lipinski definition) is 2. The summed E-state index contributed by atoms with van der Waals surface area (Å²) in [6.07, 6.45) is 7.26. The molecule has 2 N–H and O–H groups in total. The second kappa shape index (κ2) is 11.0. The summed E-state index contributed by atoms with van der Waals surface area (Å²) in [7, 11) is 0. The van der Waals surface area contributed by atoms with Crippen LogP contribution in [0.5, 0.6) is 0 Å². The lowest BCUT2D eigenvalue weighted by atomic mass is 10.1. The fourth-order valence-electron chi connectivity index (χ4n) is 3.70. The van der Waals surface area contributed by atoms with Crippen LogP contribution in [-0.4, -0.2) is 41.8 Å². The van der Waals surface area contributed by atoms with Crippen molar-refractivity contribution in [1.29, 1.82) is 0 Å². The SMILES string of the molecule is CCCCN(C(=O)CNC(=O)c1ccco1)C(C(=O)NC1CCCC1)c1cccs1. The van der Waals surface area contributed by atoms with E-state index in [2.05, 4.69) is 10.6 Å². The van der Waals surface area contributed by atoms with E-state index in [1.807, 2.05) is 24.4 Å². The van der Waals surface area contributed by atoms with Crippen LogP contribution in [0.15, 0.2) is 40.3 Å². The van der Waals surface area contributed by atoms with E-state index in [4.69, 9.17) is 4.42 Å². The van der Waals surface area contributed by atoms with Gasteiger partial charge in [0, 0.05) is 17.5 Å². The molecule has 0 radical (unpaired) electrons. The predicted octanol–water partition coefficient (Wildman–Crippen LogP) is 3.50. The van der Waals surface area contributed by atoms with Crippen LogP contribution < -0.4 is 10.6 Å². The first-order chi connectivity index (χ1) is 14.6. The molecule has 2 aromatic heterocycles. The third-order valence-corrected chi connectivity index (χ3v) is 6.22. The summed E-state index contributed by atoms with van der Waals surface area (Å²) in [6.45, 7) is 2.30. The Morgan fingerprint density at radius 1 is 1.23 bits per heavy atom. The average Bonchev–Trinajstić information content (AvgIpc) is 3.51. The number of amides is 3. The molecule has 3 rings (SSSR count). The lowest BCUT2D eigenvalue weighted by Crippen LogP contribution is -2.48. The van der Waals surface area contributed by atoms with E-state index in [0.29, 0.717) is 6.54 Å². The Balaban J connectivity index is 1.74. The number of thiophene rings is 1. The highest BCUT2D eigenvalue weighted by molar-refractivity contribution is 7.10. The van der Waals surface area contributed by atoms with E-state index in [1.165, 1.54) is 23.7 Å². The van der Waals surface area contributed by atoms with Gasteiger partial charge in [0.2, 0.25) is 11.8 Å². The molecule has 0 aliphatic heterocycles. The van der Waals surface area contributed by atoms with Gasteiger partial charge in [-0.05, 0) is 42.8 Å². The Morgan fingerprint density at radius 3 is 2.67 bits per heavy atom. The molecule has 1 fully saturated rings. The van der Waals surface area contributed by atoms with Gasteiger partial charge in [-0.2, -0.15) is 0 Å². The number of nitrogens with zero attached hydrogens (tertiary/aromatic N) is 1. The van der Waals surface area contributed by atoms with Gasteiger partial charge in [0.05, 0.1) is 12.8 Å². The van der Waals surface area contributed by atoms with Crippen LogP contribution in [0.25, 0.3) is 0 Å². The lowest BCUT2D eigenvalue weighted by Gasteiger charge is -2.31. The van der Waals surface area contributed by atoms with E-state index in [1.54, 1.807) is 11.0 Å². The highest BCUT2D eigenvalue weighted by atomic mass is 32.1. The van der Waals surface area contributed by atoms with E-state index in [0.717, 1.165) is 43.4 Å². The molecule has 1 aliphatic rings. The molecule has 30 heavy (non-hydrogen) atoms. The second-order valence-corrected chi connectivity index (χ2v) is 8.49. The van der Waals surface area contributed by atoms with Crippen LogP contribution in [0.2, 0.25) is 0 Å². The summed E-state index contributed by atoms with van der Waals surface area (Å²) in [4.78, 5) is 40.9. The first-order valence-corrected chi connectivity index (χ1v) is 11.4. The van der Waals surface area contributed by atoms with Gasteiger partial charge in [-0.15, -0.1) is 11.3 Å². The van der Waals surface area contributed by atoms with Crippen molar-refractivity contribution in [1.82, 2.24) is 15.5 Å². The van der Waals surface area contributed by atoms with E-state index in [9.17, 15) is 14.4 Å². The third-order valence-electron chi connectivity index (χ3n) is 5.29. The van der Waals surface area contributed by atoms with Crippen molar-refractivity contribution in [3.8, 4) is 0 Å². The number of hydrogen-bond acceptors (Lipinski definition) is 5. The summed E-state index contributed by atoms with van der Waals surface area (Å²) in [5.74, 6) is -0.738. The van der Waals surface area contributed by atoms with Gasteiger partial charge < -0.3 is 20.0 Å². The van der Waals surface area contributed by atoms with Gasteiger partial charge in [0.25, 0.3) is 5.91 Å². The lowest BCUT2D eigenvalue weighted by molar-refractivity contribution is -0.140. The van der Waals surface area contributed by atoms with Gasteiger partial charge in [0.1, 0.15) is 6.04 Å². The highest BCUT2D eigenvalue weighted by Gasteiger charge is 2.33. The van der Waals surface area contributed by atoms with Crippen molar-refractivity contribution in [2.75, 3.05) is 13.1 Å². The summed E-state index contributed by atoms with van der Waals surface area (Å²) < 4.78 is 5.07. The van der Waals surface area contributed by atoms with Crippen LogP contribution in [0, 0.1) is 0 Å². The Labute approximate surface area is 180 Å². The molecule has 7 nitrogen and oxygen atoms in total. The highest BCUT2D eigenvalue weighted by Crippen LogP contribution is 2.27. The zero-order valence-corrected chi connectivity index (χ0v) is 18.1. The average molecular weight is 432 g/mol. The minimum Gasteiger partial charge on any atom is -0.459 e. The summed E-state index contributed by atoms with van der Waals surface area (Å²) in [5.41, 5.74) is 0. The van der Waals surface area contributed by atoms with E-state index in [-0.39, 0.29) is 30.2 Å². The van der Waals surface area contributed by atoms with Crippen LogP contribution in [0.3, 0.4) is 0 Å². The molecule has 0 saturated heterocycles. The predicted molar refractivity (Wildman–Crippen MR) is 115 cm³/mol. The van der Waals surface area contributed by atoms with Gasteiger partial charge in [-0.1, -0.05) is 32.3 Å². The van der Waals surface area contributed by atoms with Crippen molar-refractivity contribution >= 4 is 29.1 Å². The van der Waals surface area contributed by atoms with Crippen molar-refractivity contribution in [3.05, 3.63) is 46.5 Å². The van der Waals surface area contributed by atoms with Crippen molar-refractivity contribution in [2.24, 2.45) is 0 Å². The van der Waals surface area contributed by atoms with Crippen LogP contribution in [0.1, 0.15) is 66.9 Å². The van der Waals surface area contributed by atoms with Crippen LogP contribution in [0.4, 0.5) is 0 Å². The van der Waals surface area contributed by atoms with Gasteiger partial charge in [-0.25, -0.2) is 0 Å². The maximum absolute atomic E-state index is 13.2. The Bertz CT molecular complexity index is 814. The second-order valence-electron chi connectivity index (χ2n) is 7.51. The minimum atomic E-state index is -0.690. The molecule has 0 bridgehead atoms. The molecule has 0 aromatic carbocycles. The summed E-state index contributed by atoms with van der Waals surface area (Å²) >= 11 is 1.46. The monoisotopic (exact) mass is 431 g/mol. The molecule has 2 aromatic rings. The quantitative estimate of drug-likeness (QED) is 0.602. The van der Waals surface area contributed by atoms with E-state index >= 15 is 0 Å². The standard InChI is InChI=1S/C22H29N3O4S/c1-2-3-12-25(19(26)15-23-21(27)17-10-6-13-29-17)20(18-11-7-14-30-18)22(28)24-16-8-4-5-9-16/h6-7,10-11,13-14,16,20H,2-5,8-9,12,15H2,1H3,(H,23,27)(H,24,28). The van der Waals surface area contributed by atoms with Crippen LogP contribution >= 0.6 is 11.3 Å². The zero-order valence-electron chi connectivity index (χ0n) is 17.3. The van der Waals surface area contributed by atoms with E-state index < -0.39 is 11.9 Å². The molecule has 1 saturated carbocycles. The number of furan rings is 1. The molecule has 1 atom stereocenters. The van der Waals surface area contributed by atoms with Crippen molar-refractivity contribution < 1.29 is 18.8 Å². The topological polar surface area (TPSA) is 91.7 Å². The molecule has 2 heterocycles. The normalized spacial score (nSPS) is 15.0. The smallest absolute Gasteiger partial charge is 0.287 e. The van der Waals surface area contributed by atoms with Gasteiger partial charge in [-0.3, -0.25) is 14.4 Å². The fourth-order valence-corrected chi connectivity index (χ4v) is 4.53. The molecule has 8 heteroatoms. The molecule has 1 unspecified atom stereocenters. The Kier molecular flexibility index (Phi) is 8.07. The van der Waals surface area contributed by atoms with Crippen molar-refractivity contribution in [2.45, 2.75) is 57.5 Å². The first-order valence-electron chi connectivity index (χ1n) is 10.5. The molecule has 0 spiro atoms. The molecule has 162 valence electrons. The Hall–Kier alpha value is -2.61. The van der Waals surface area contributed by atoms with Crippen LogP contribution in [-0.2, 0) is 9.59 Å². The number of carbonyl (C=O) groups is 3. The molecule has 3 amide bonds. The number of carbonyl (C=O) groups excluding carboxylic acids is 3. The number of rotatable bonds is 10. The van der Waals surface area contributed by atoms with Gasteiger partial charge >= 0.3 is 0 Å². The largest absolute Gasteiger partial charge is 0.459 e. The first kappa shape index (κ1) is 22.1. The molecular formula is C22H29N3O4S. The fraction of sp³-hybridized carbons (Fsp3) is 0.500. The maximum atomic E-state index is 13.2. The minimum absolute atomic E-state index is 0.147. The number of nitrogens with one attached hydrogen (secondary N) is 2. The third kappa shape index (κ3) is 5.72.